The Morgan fingerprint density at radius 1 is 1.28 bits per heavy atom. The molecule has 0 atom stereocenters. The quantitative estimate of drug-likeness (QED) is 0.242. The first-order valence-corrected chi connectivity index (χ1v) is 13.2. The molecule has 3 N–H and O–H groups in total. The fourth-order valence-electron chi connectivity index (χ4n) is 4.66. The van der Waals surface area contributed by atoms with Gasteiger partial charge in [0.05, 0.1) is 27.1 Å². The molecule has 0 bridgehead atoms. The number of carbonyl (C=O) groups excluding carboxylic acids is 2. The number of pyridine rings is 1. The zero-order valence-corrected chi connectivity index (χ0v) is 22.7. The van der Waals surface area contributed by atoms with Gasteiger partial charge in [0.25, 0.3) is 0 Å². The first kappa shape index (κ1) is 25.9. The summed E-state index contributed by atoms with van der Waals surface area (Å²) in [6.45, 7) is 12.9. The maximum Gasteiger partial charge on any atom is 0.410 e. The molecule has 1 amide bonds. The molecule has 192 valence electrons. The summed E-state index contributed by atoms with van der Waals surface area (Å²) in [4.78, 5) is 40.3. The summed E-state index contributed by atoms with van der Waals surface area (Å²) in [7, 11) is 0. The highest BCUT2D eigenvalue weighted by Gasteiger charge is 2.31. The standard InChI is InChI=1S/C27H35N5O3S/c1-15(2)21-22(18-11-16(3)25(29-13-18)30-14-28)31-19-12-20(36-24(19)21)23(33)17-7-9-32(10-8-17)26(34)35-27(4,5)6/h11-15,17,31H,7-10H2,1-6H3,(H2,28,29,30). The van der Waals surface area contributed by atoms with Gasteiger partial charge in [0.15, 0.2) is 11.6 Å². The Morgan fingerprint density at radius 2 is 1.97 bits per heavy atom. The van der Waals surface area contributed by atoms with Crippen molar-refractivity contribution in [3.63, 3.8) is 0 Å². The van der Waals surface area contributed by atoms with E-state index < -0.39 is 5.60 Å². The largest absolute Gasteiger partial charge is 0.444 e. The number of H-pyrrole nitrogens is 1. The van der Waals surface area contributed by atoms with E-state index >= 15 is 0 Å². The van der Waals surface area contributed by atoms with Gasteiger partial charge in [-0.05, 0) is 69.7 Å². The summed E-state index contributed by atoms with van der Waals surface area (Å²) < 4.78 is 6.59. The van der Waals surface area contributed by atoms with Gasteiger partial charge in [-0.25, -0.2) is 14.8 Å². The Bertz CT molecular complexity index is 1310. The van der Waals surface area contributed by atoms with Crippen molar-refractivity contribution in [3.05, 3.63) is 34.3 Å². The lowest BCUT2D eigenvalue weighted by Gasteiger charge is -2.32. The van der Waals surface area contributed by atoms with Gasteiger partial charge in [-0.15, -0.1) is 11.3 Å². The molecule has 1 fully saturated rings. The molecule has 4 heterocycles. The molecule has 0 spiro atoms. The number of nitrogens with two attached hydrogens (primary N) is 1. The van der Waals surface area contributed by atoms with E-state index in [9.17, 15) is 9.59 Å². The third kappa shape index (κ3) is 5.31. The Labute approximate surface area is 216 Å². The van der Waals surface area contributed by atoms with Gasteiger partial charge in [0, 0.05) is 30.8 Å². The van der Waals surface area contributed by atoms with E-state index in [-0.39, 0.29) is 23.7 Å². The van der Waals surface area contributed by atoms with E-state index in [2.05, 4.69) is 34.9 Å². The second-order valence-electron chi connectivity index (χ2n) is 10.7. The molecule has 1 aliphatic heterocycles. The number of nitrogens with one attached hydrogen (secondary N) is 1. The van der Waals surface area contributed by atoms with E-state index in [0.717, 1.165) is 31.9 Å². The number of thiophene rings is 1. The van der Waals surface area contributed by atoms with Crippen molar-refractivity contribution in [2.45, 2.75) is 65.9 Å². The summed E-state index contributed by atoms with van der Waals surface area (Å²) in [6.07, 6.45) is 4.04. The Hall–Kier alpha value is -3.20. The minimum Gasteiger partial charge on any atom is -0.444 e. The molecule has 1 aliphatic rings. The van der Waals surface area contributed by atoms with Crippen LogP contribution in [0.4, 0.5) is 10.6 Å². The van der Waals surface area contributed by atoms with Gasteiger partial charge in [0.2, 0.25) is 0 Å². The fraction of sp³-hybridized carbons (Fsp3) is 0.481. The summed E-state index contributed by atoms with van der Waals surface area (Å²) >= 11 is 1.55. The number of amides is 1. The number of aromatic amines is 1. The van der Waals surface area contributed by atoms with Crippen LogP contribution in [0.2, 0.25) is 0 Å². The molecular formula is C27H35N5O3S. The van der Waals surface area contributed by atoms with Gasteiger partial charge in [0.1, 0.15) is 5.60 Å². The number of hydrogen-bond acceptors (Lipinski definition) is 6. The van der Waals surface area contributed by atoms with E-state index in [1.54, 1.807) is 22.4 Å². The fourth-order valence-corrected chi connectivity index (χ4v) is 5.99. The van der Waals surface area contributed by atoms with Crippen molar-refractivity contribution < 1.29 is 14.3 Å². The highest BCUT2D eigenvalue weighted by Crippen LogP contribution is 2.41. The maximum absolute atomic E-state index is 13.4. The molecule has 1 saturated heterocycles. The van der Waals surface area contributed by atoms with Crippen molar-refractivity contribution in [2.24, 2.45) is 16.6 Å². The van der Waals surface area contributed by atoms with Crippen LogP contribution in [-0.2, 0) is 4.74 Å². The molecular weight excluding hydrogens is 474 g/mol. The van der Waals surface area contributed by atoms with E-state index in [4.69, 9.17) is 10.5 Å². The molecule has 4 rings (SSSR count). The number of fused-ring (bicyclic) bond motifs is 1. The van der Waals surface area contributed by atoms with Crippen LogP contribution in [0.5, 0.6) is 0 Å². The number of ether oxygens (including phenoxy) is 1. The van der Waals surface area contributed by atoms with Crippen LogP contribution >= 0.6 is 11.3 Å². The number of likely N-dealkylation sites (tertiary alicyclic amines) is 1. The Morgan fingerprint density at radius 3 is 2.56 bits per heavy atom. The van der Waals surface area contributed by atoms with E-state index in [1.807, 2.05) is 33.8 Å². The van der Waals surface area contributed by atoms with Crippen molar-refractivity contribution in [1.82, 2.24) is 14.9 Å². The summed E-state index contributed by atoms with van der Waals surface area (Å²) in [5.74, 6) is 0.933. The predicted molar refractivity (Wildman–Crippen MR) is 145 cm³/mol. The zero-order chi connectivity index (χ0) is 26.2. The number of carbonyl (C=O) groups is 2. The number of aryl methyl sites for hydroxylation is 1. The van der Waals surface area contributed by atoms with Crippen molar-refractivity contribution in [3.8, 4) is 11.3 Å². The molecule has 3 aromatic heterocycles. The Kier molecular flexibility index (Phi) is 7.22. The number of Topliss-reactive ketones (excluding diaryl/α,β-unsaturated/α-hetero) is 1. The highest BCUT2D eigenvalue weighted by molar-refractivity contribution is 7.21. The van der Waals surface area contributed by atoms with Crippen LogP contribution in [0.15, 0.2) is 23.3 Å². The van der Waals surface area contributed by atoms with Crippen molar-refractivity contribution in [1.29, 1.82) is 0 Å². The van der Waals surface area contributed by atoms with Crippen molar-refractivity contribution in [2.75, 3.05) is 13.1 Å². The topological polar surface area (TPSA) is 114 Å². The molecule has 3 aromatic rings. The van der Waals surface area contributed by atoms with E-state index in [0.29, 0.717) is 31.7 Å². The van der Waals surface area contributed by atoms with Gasteiger partial charge < -0.3 is 20.4 Å². The lowest BCUT2D eigenvalue weighted by Crippen LogP contribution is -2.42. The number of aromatic nitrogens is 2. The highest BCUT2D eigenvalue weighted by atomic mass is 32.1. The maximum atomic E-state index is 13.4. The average molecular weight is 510 g/mol. The number of piperidine rings is 1. The lowest BCUT2D eigenvalue weighted by atomic mass is 9.92. The monoisotopic (exact) mass is 509 g/mol. The van der Waals surface area contributed by atoms with Crippen LogP contribution in [-0.4, -0.2) is 51.8 Å². The lowest BCUT2D eigenvalue weighted by molar-refractivity contribution is 0.0182. The van der Waals surface area contributed by atoms with Gasteiger partial charge in [-0.3, -0.25) is 4.79 Å². The third-order valence-corrected chi connectivity index (χ3v) is 7.56. The Balaban J connectivity index is 1.55. The SMILES string of the molecule is Cc1cc(-c2[nH]c3cc(C(=O)C4CCN(C(=O)OC(C)(C)C)CC4)sc3c2C(C)C)cnc1N=CN. The van der Waals surface area contributed by atoms with Crippen LogP contribution in [0, 0.1) is 12.8 Å². The molecule has 36 heavy (non-hydrogen) atoms. The third-order valence-electron chi connectivity index (χ3n) is 6.38. The average Bonchev–Trinajstić information content (AvgIpc) is 3.37. The number of ketones is 1. The minimum atomic E-state index is -0.524. The van der Waals surface area contributed by atoms with Crippen LogP contribution in [0.25, 0.3) is 21.5 Å². The first-order valence-electron chi connectivity index (χ1n) is 12.4. The molecule has 0 saturated carbocycles. The number of aliphatic imine (C=N–C) groups is 1. The number of nitrogens with zero attached hydrogens (tertiary/aromatic N) is 3. The minimum absolute atomic E-state index is 0.0871. The smallest absolute Gasteiger partial charge is 0.410 e. The van der Waals surface area contributed by atoms with Gasteiger partial charge in [-0.1, -0.05) is 13.8 Å². The van der Waals surface area contributed by atoms with Gasteiger partial charge in [-0.2, -0.15) is 0 Å². The van der Waals surface area contributed by atoms with E-state index in [1.165, 1.54) is 11.9 Å². The van der Waals surface area contributed by atoms with Crippen LogP contribution < -0.4 is 5.73 Å². The summed E-state index contributed by atoms with van der Waals surface area (Å²) in [6, 6.07) is 4.03. The molecule has 0 aliphatic carbocycles. The normalized spacial score (nSPS) is 15.4. The molecule has 0 aromatic carbocycles. The van der Waals surface area contributed by atoms with Gasteiger partial charge >= 0.3 is 6.09 Å². The van der Waals surface area contributed by atoms with Crippen molar-refractivity contribution >= 4 is 45.6 Å². The summed E-state index contributed by atoms with van der Waals surface area (Å²) in [5.41, 5.74) is 10.0. The number of hydrogen-bond donors (Lipinski definition) is 2. The number of rotatable bonds is 5. The second kappa shape index (κ2) is 10.0. The second-order valence-corrected chi connectivity index (χ2v) is 11.7. The first-order chi connectivity index (χ1) is 17.0. The molecule has 0 radical (unpaired) electrons. The van der Waals surface area contributed by atoms with Crippen LogP contribution in [0.3, 0.4) is 0 Å². The predicted octanol–water partition coefficient (Wildman–Crippen LogP) is 6.17. The van der Waals surface area contributed by atoms with Crippen LogP contribution in [0.1, 0.15) is 74.2 Å². The molecule has 9 heteroatoms. The molecule has 8 nitrogen and oxygen atoms in total. The zero-order valence-electron chi connectivity index (χ0n) is 21.8. The summed E-state index contributed by atoms with van der Waals surface area (Å²) in [5, 5.41) is 0. The molecule has 0 unspecified atom stereocenters.